The maximum atomic E-state index is 14.2. The van der Waals surface area contributed by atoms with E-state index in [2.05, 4.69) is 39.9 Å². The van der Waals surface area contributed by atoms with Crippen LogP contribution in [-0.2, 0) is 9.84 Å². The van der Waals surface area contributed by atoms with Gasteiger partial charge in [-0.25, -0.2) is 17.8 Å². The molecule has 3 aromatic carbocycles. The first-order chi connectivity index (χ1) is 19.7. The van der Waals surface area contributed by atoms with Crippen LogP contribution in [0.5, 0.6) is 0 Å². The van der Waals surface area contributed by atoms with E-state index in [1.165, 1.54) is 41.9 Å². The summed E-state index contributed by atoms with van der Waals surface area (Å²) >= 11 is 0. The smallest absolute Gasteiger partial charge is 0.251 e. The molecule has 41 heavy (non-hydrogen) atoms. The largest absolute Gasteiger partial charge is 0.345 e. The van der Waals surface area contributed by atoms with Crippen LogP contribution in [0.25, 0.3) is 11.0 Å². The topological polar surface area (TPSA) is 84.3 Å². The molecule has 0 radical (unpaired) electrons. The Labute approximate surface area is 240 Å². The maximum absolute atomic E-state index is 14.2. The highest BCUT2D eigenvalue weighted by Crippen LogP contribution is 2.42. The van der Waals surface area contributed by atoms with Crippen LogP contribution in [0, 0.1) is 12.7 Å². The Bertz CT molecular complexity index is 1670. The van der Waals surface area contributed by atoms with Gasteiger partial charge in [0.05, 0.1) is 22.0 Å². The number of sulfone groups is 1. The second kappa shape index (κ2) is 11.0. The molecule has 0 saturated carbocycles. The predicted octanol–water partition coefficient (Wildman–Crippen LogP) is 5.62. The first-order valence-corrected chi connectivity index (χ1v) is 16.1. The third-order valence-electron chi connectivity index (χ3n) is 8.77. The number of aromatic nitrogens is 2. The average Bonchev–Trinajstić information content (AvgIpc) is 3.40. The van der Waals surface area contributed by atoms with E-state index in [9.17, 15) is 17.6 Å². The molecule has 7 nitrogen and oxygen atoms in total. The molecule has 3 heterocycles. The van der Waals surface area contributed by atoms with Crippen molar-refractivity contribution >= 4 is 26.8 Å². The number of halogens is 1. The van der Waals surface area contributed by atoms with E-state index in [0.717, 1.165) is 49.8 Å². The summed E-state index contributed by atoms with van der Waals surface area (Å²) in [6.07, 6.45) is 6.19. The van der Waals surface area contributed by atoms with Gasteiger partial charge in [0, 0.05) is 36.5 Å². The normalized spacial score (nSPS) is 21.7. The Morgan fingerprint density at radius 1 is 1.00 bits per heavy atom. The minimum atomic E-state index is -3.36. The number of nitrogens with zero attached hydrogens (tertiary/aromatic N) is 3. The second-order valence-corrected chi connectivity index (χ2v) is 13.4. The van der Waals surface area contributed by atoms with E-state index in [-0.39, 0.29) is 22.7 Å². The lowest BCUT2D eigenvalue weighted by Crippen LogP contribution is -2.45. The lowest BCUT2D eigenvalue weighted by molar-refractivity contribution is 0.0896. The number of benzene rings is 3. The summed E-state index contributed by atoms with van der Waals surface area (Å²) in [4.78, 5) is 20.7. The molecule has 4 aromatic rings. The number of para-hydroxylation sites is 2. The molecule has 1 amide bonds. The van der Waals surface area contributed by atoms with Crippen LogP contribution in [0.3, 0.4) is 0 Å². The van der Waals surface area contributed by atoms with Gasteiger partial charge in [-0.2, -0.15) is 0 Å². The molecule has 0 spiro atoms. The van der Waals surface area contributed by atoms with Crippen molar-refractivity contribution in [2.75, 3.05) is 12.8 Å². The number of amides is 1. The van der Waals surface area contributed by atoms with Crippen LogP contribution in [0.4, 0.5) is 4.39 Å². The van der Waals surface area contributed by atoms with Crippen molar-refractivity contribution in [2.24, 2.45) is 0 Å². The molecule has 1 unspecified atom stereocenters. The molecule has 4 atom stereocenters. The van der Waals surface area contributed by atoms with Crippen LogP contribution in [0.2, 0.25) is 0 Å². The Morgan fingerprint density at radius 2 is 1.71 bits per heavy atom. The standard InChI is InChI=1S/C32H35FN4O3S/c1-21-34-30-8-3-4-9-31(30)37(21)27-19-25-12-13-26(20-27)36(25)17-16-29(23-6-5-7-24(33)18-23)35-32(38)22-10-14-28(15-11-22)41(2,39)40/h3-11,14-15,18,25-27,29H,12-13,16-17,19-20H2,1-2H3,(H,35,38)/t25-,26+,27?,29-/m0/s1. The van der Waals surface area contributed by atoms with Crippen molar-refractivity contribution in [3.8, 4) is 0 Å². The van der Waals surface area contributed by atoms with E-state index in [1.807, 2.05) is 12.1 Å². The van der Waals surface area contributed by atoms with E-state index in [4.69, 9.17) is 4.98 Å². The Morgan fingerprint density at radius 3 is 2.39 bits per heavy atom. The second-order valence-electron chi connectivity index (χ2n) is 11.4. The third kappa shape index (κ3) is 5.65. The number of carbonyl (C=O) groups is 1. The molecule has 2 aliphatic heterocycles. The van der Waals surface area contributed by atoms with Crippen molar-refractivity contribution in [1.29, 1.82) is 0 Å². The van der Waals surface area contributed by atoms with Crippen LogP contribution in [0.1, 0.15) is 65.9 Å². The summed E-state index contributed by atoms with van der Waals surface area (Å²) in [5.41, 5.74) is 3.32. The molecule has 9 heteroatoms. The minimum absolute atomic E-state index is 0.161. The first-order valence-electron chi connectivity index (χ1n) is 14.2. The van der Waals surface area contributed by atoms with Gasteiger partial charge in [-0.3, -0.25) is 9.69 Å². The maximum Gasteiger partial charge on any atom is 0.251 e. The number of carbonyl (C=O) groups excluding carboxylic acids is 1. The van der Waals surface area contributed by atoms with Gasteiger partial charge in [-0.15, -0.1) is 0 Å². The zero-order valence-corrected chi connectivity index (χ0v) is 24.1. The highest BCUT2D eigenvalue weighted by Gasteiger charge is 2.41. The Balaban J connectivity index is 1.17. The number of hydrogen-bond donors (Lipinski definition) is 1. The molecule has 2 fully saturated rings. The molecule has 1 N–H and O–H groups in total. The van der Waals surface area contributed by atoms with E-state index < -0.39 is 9.84 Å². The molecule has 2 aliphatic rings. The minimum Gasteiger partial charge on any atom is -0.345 e. The summed E-state index contributed by atoms with van der Waals surface area (Å²) in [5.74, 6) is 0.397. The number of aryl methyl sites for hydroxylation is 1. The molecule has 0 aliphatic carbocycles. The molecular weight excluding hydrogens is 539 g/mol. The number of rotatable bonds is 8. The summed E-state index contributed by atoms with van der Waals surface area (Å²) in [6.45, 7) is 2.88. The number of piperidine rings is 1. The monoisotopic (exact) mass is 574 g/mol. The fourth-order valence-electron chi connectivity index (χ4n) is 6.87. The van der Waals surface area contributed by atoms with Gasteiger partial charge in [-0.05, 0) is 93.1 Å². The molecular formula is C32H35FN4O3S. The fraction of sp³-hybridized carbons (Fsp3) is 0.375. The quantitative estimate of drug-likeness (QED) is 0.296. The lowest BCUT2D eigenvalue weighted by Gasteiger charge is -2.40. The molecule has 2 saturated heterocycles. The summed E-state index contributed by atoms with van der Waals surface area (Å²) in [6, 6.07) is 21.6. The highest BCUT2D eigenvalue weighted by molar-refractivity contribution is 7.90. The van der Waals surface area contributed by atoms with Crippen LogP contribution in [-0.4, -0.2) is 53.7 Å². The van der Waals surface area contributed by atoms with Crippen molar-refractivity contribution in [1.82, 2.24) is 19.8 Å². The Kier molecular flexibility index (Phi) is 7.42. The van der Waals surface area contributed by atoms with Crippen molar-refractivity contribution in [3.05, 3.63) is 95.6 Å². The van der Waals surface area contributed by atoms with E-state index in [1.54, 1.807) is 6.07 Å². The van der Waals surface area contributed by atoms with Gasteiger partial charge < -0.3 is 9.88 Å². The zero-order chi connectivity index (χ0) is 28.7. The van der Waals surface area contributed by atoms with Crippen molar-refractivity contribution in [2.45, 2.75) is 68.1 Å². The van der Waals surface area contributed by atoms with Crippen molar-refractivity contribution < 1.29 is 17.6 Å². The van der Waals surface area contributed by atoms with Crippen LogP contribution < -0.4 is 5.32 Å². The molecule has 6 rings (SSSR count). The third-order valence-corrected chi connectivity index (χ3v) is 9.90. The summed E-state index contributed by atoms with van der Waals surface area (Å²) in [7, 11) is -3.36. The number of nitrogens with one attached hydrogen (secondary N) is 1. The van der Waals surface area contributed by atoms with Gasteiger partial charge in [0.25, 0.3) is 5.91 Å². The van der Waals surface area contributed by atoms with E-state index >= 15 is 0 Å². The zero-order valence-electron chi connectivity index (χ0n) is 23.3. The summed E-state index contributed by atoms with van der Waals surface area (Å²) in [5, 5.41) is 3.09. The fourth-order valence-corrected chi connectivity index (χ4v) is 7.50. The highest BCUT2D eigenvalue weighted by atomic mass is 32.2. The van der Waals surface area contributed by atoms with Gasteiger partial charge in [-0.1, -0.05) is 24.3 Å². The first kappa shape index (κ1) is 27.6. The average molecular weight is 575 g/mol. The number of fused-ring (bicyclic) bond motifs is 3. The molecule has 214 valence electrons. The number of hydrogen-bond acceptors (Lipinski definition) is 5. The van der Waals surface area contributed by atoms with Crippen molar-refractivity contribution in [3.63, 3.8) is 0 Å². The van der Waals surface area contributed by atoms with Gasteiger partial charge >= 0.3 is 0 Å². The van der Waals surface area contributed by atoms with Crippen LogP contribution >= 0.6 is 0 Å². The SMILES string of the molecule is Cc1nc2ccccc2n1C1C[C@H]2CC[C@@H](C1)N2CC[C@H](NC(=O)c1ccc(S(C)(=O)=O)cc1)c1cccc(F)c1. The van der Waals surface area contributed by atoms with Gasteiger partial charge in [0.1, 0.15) is 11.6 Å². The van der Waals surface area contributed by atoms with Crippen LogP contribution in [0.15, 0.2) is 77.7 Å². The van der Waals surface area contributed by atoms with E-state index in [0.29, 0.717) is 35.7 Å². The Hall–Kier alpha value is -3.56. The number of imidazole rings is 1. The predicted molar refractivity (Wildman–Crippen MR) is 157 cm³/mol. The molecule has 1 aromatic heterocycles. The van der Waals surface area contributed by atoms with Gasteiger partial charge in [0.15, 0.2) is 9.84 Å². The van der Waals surface area contributed by atoms with Gasteiger partial charge in [0.2, 0.25) is 0 Å². The lowest BCUT2D eigenvalue weighted by atomic mass is 9.95. The molecule has 2 bridgehead atoms. The summed E-state index contributed by atoms with van der Waals surface area (Å²) < 4.78 is 40.3.